The summed E-state index contributed by atoms with van der Waals surface area (Å²) in [5.74, 6) is -0.612. The Balaban J connectivity index is 1.70. The fourth-order valence-electron chi connectivity index (χ4n) is 2.12. The molecule has 0 saturated heterocycles. The Kier molecular flexibility index (Phi) is 4.89. The molecule has 0 spiro atoms. The Labute approximate surface area is 151 Å². The number of thiazole rings is 1. The molecule has 1 amide bonds. The molecule has 0 fully saturated rings. The fraction of sp³-hybridized carbons (Fsp3) is 0.125. The number of hydrogen-bond donors (Lipinski definition) is 1. The first kappa shape index (κ1) is 17.0. The first-order chi connectivity index (χ1) is 11.4. The van der Waals surface area contributed by atoms with Crippen LogP contribution in [0.3, 0.4) is 0 Å². The quantitative estimate of drug-likeness (QED) is 0.702. The number of fused-ring (bicyclic) bond motifs is 1. The Bertz CT molecular complexity index is 915. The van der Waals surface area contributed by atoms with E-state index in [1.165, 1.54) is 17.4 Å². The van der Waals surface area contributed by atoms with Crippen molar-refractivity contribution < 1.29 is 9.18 Å². The SMILES string of the molecule is CN(CC(=O)Nc1ccc(Cl)c(Cl)c1)c1nc2c(F)cccc2s1. The van der Waals surface area contributed by atoms with Gasteiger partial charge in [0.1, 0.15) is 11.3 Å². The maximum atomic E-state index is 13.7. The summed E-state index contributed by atoms with van der Waals surface area (Å²) < 4.78 is 14.4. The van der Waals surface area contributed by atoms with Crippen LogP contribution in [0.25, 0.3) is 10.2 Å². The third-order valence-corrected chi connectivity index (χ3v) is 5.14. The first-order valence-electron chi connectivity index (χ1n) is 6.95. The van der Waals surface area contributed by atoms with Gasteiger partial charge >= 0.3 is 0 Å². The van der Waals surface area contributed by atoms with Crippen LogP contribution in [-0.2, 0) is 4.79 Å². The molecule has 2 aromatic carbocycles. The molecular weight excluding hydrogens is 372 g/mol. The molecule has 3 aromatic rings. The maximum absolute atomic E-state index is 13.7. The molecule has 124 valence electrons. The van der Waals surface area contributed by atoms with Crippen molar-refractivity contribution in [3.8, 4) is 0 Å². The molecule has 0 radical (unpaired) electrons. The van der Waals surface area contributed by atoms with Gasteiger partial charge < -0.3 is 10.2 Å². The summed E-state index contributed by atoms with van der Waals surface area (Å²) >= 11 is 13.1. The lowest BCUT2D eigenvalue weighted by atomic mass is 10.3. The summed E-state index contributed by atoms with van der Waals surface area (Å²) in [6, 6.07) is 9.65. The van der Waals surface area contributed by atoms with Gasteiger partial charge in [0, 0.05) is 12.7 Å². The molecule has 0 unspecified atom stereocenters. The van der Waals surface area contributed by atoms with E-state index < -0.39 is 0 Å². The highest BCUT2D eigenvalue weighted by Crippen LogP contribution is 2.29. The zero-order chi connectivity index (χ0) is 17.3. The van der Waals surface area contributed by atoms with E-state index in [1.54, 1.807) is 42.3 Å². The number of para-hydroxylation sites is 1. The molecule has 1 heterocycles. The predicted molar refractivity (Wildman–Crippen MR) is 97.9 cm³/mol. The number of aromatic nitrogens is 1. The summed E-state index contributed by atoms with van der Waals surface area (Å²) in [5.41, 5.74) is 0.868. The van der Waals surface area contributed by atoms with Gasteiger partial charge in [0.15, 0.2) is 5.13 Å². The van der Waals surface area contributed by atoms with Crippen molar-refractivity contribution in [2.75, 3.05) is 23.8 Å². The lowest BCUT2D eigenvalue weighted by Gasteiger charge is -2.15. The standard InChI is InChI=1S/C16H12Cl2FN3OS/c1-22(16-21-15-12(19)3-2-4-13(15)24-16)8-14(23)20-9-5-6-10(17)11(18)7-9/h2-7H,8H2,1H3,(H,20,23). The van der Waals surface area contributed by atoms with Gasteiger partial charge in [-0.1, -0.05) is 40.6 Å². The minimum absolute atomic E-state index is 0.0711. The van der Waals surface area contributed by atoms with Crippen LogP contribution in [0.4, 0.5) is 15.2 Å². The molecule has 0 bridgehead atoms. The molecular formula is C16H12Cl2FN3OS. The van der Waals surface area contributed by atoms with Crippen molar-refractivity contribution in [1.29, 1.82) is 0 Å². The van der Waals surface area contributed by atoms with E-state index in [0.29, 0.717) is 26.4 Å². The Morgan fingerprint density at radius 3 is 2.79 bits per heavy atom. The highest BCUT2D eigenvalue weighted by atomic mass is 35.5. The predicted octanol–water partition coefficient (Wildman–Crippen LogP) is 4.82. The van der Waals surface area contributed by atoms with Crippen LogP contribution < -0.4 is 10.2 Å². The van der Waals surface area contributed by atoms with Crippen LogP contribution in [0.15, 0.2) is 36.4 Å². The number of anilines is 2. The van der Waals surface area contributed by atoms with Crippen LogP contribution in [0.5, 0.6) is 0 Å². The third-order valence-electron chi connectivity index (χ3n) is 3.27. The number of amides is 1. The Morgan fingerprint density at radius 2 is 2.08 bits per heavy atom. The number of nitrogens with zero attached hydrogens (tertiary/aromatic N) is 2. The smallest absolute Gasteiger partial charge is 0.243 e. The summed E-state index contributed by atoms with van der Waals surface area (Å²) in [6.45, 7) is 0.0711. The van der Waals surface area contributed by atoms with Crippen molar-refractivity contribution in [3.05, 3.63) is 52.3 Å². The van der Waals surface area contributed by atoms with Gasteiger partial charge in [0.25, 0.3) is 0 Å². The number of hydrogen-bond acceptors (Lipinski definition) is 4. The summed E-state index contributed by atoms with van der Waals surface area (Å²) in [6.07, 6.45) is 0. The lowest BCUT2D eigenvalue weighted by Crippen LogP contribution is -2.29. The van der Waals surface area contributed by atoms with Crippen LogP contribution in [0.1, 0.15) is 0 Å². The van der Waals surface area contributed by atoms with Crippen molar-refractivity contribution in [2.45, 2.75) is 0 Å². The molecule has 1 N–H and O–H groups in total. The fourth-order valence-corrected chi connectivity index (χ4v) is 3.36. The van der Waals surface area contributed by atoms with Gasteiger partial charge in [0.2, 0.25) is 5.91 Å². The van der Waals surface area contributed by atoms with Gasteiger partial charge in [-0.2, -0.15) is 0 Å². The first-order valence-corrected chi connectivity index (χ1v) is 8.52. The van der Waals surface area contributed by atoms with Crippen LogP contribution in [0, 0.1) is 5.82 Å². The van der Waals surface area contributed by atoms with E-state index in [9.17, 15) is 9.18 Å². The molecule has 0 atom stereocenters. The maximum Gasteiger partial charge on any atom is 0.243 e. The van der Waals surface area contributed by atoms with E-state index >= 15 is 0 Å². The van der Waals surface area contributed by atoms with Gasteiger partial charge in [0.05, 0.1) is 21.3 Å². The number of rotatable bonds is 4. The molecule has 1 aromatic heterocycles. The highest BCUT2D eigenvalue weighted by Gasteiger charge is 2.14. The molecule has 4 nitrogen and oxygen atoms in total. The largest absolute Gasteiger partial charge is 0.342 e. The summed E-state index contributed by atoms with van der Waals surface area (Å²) in [4.78, 5) is 18.1. The van der Waals surface area contributed by atoms with E-state index in [1.807, 2.05) is 0 Å². The van der Waals surface area contributed by atoms with Gasteiger partial charge in [-0.05, 0) is 30.3 Å². The number of carbonyl (C=O) groups excluding carboxylic acids is 1. The normalized spacial score (nSPS) is 10.8. The van der Waals surface area contributed by atoms with Gasteiger partial charge in [-0.15, -0.1) is 0 Å². The second-order valence-corrected chi connectivity index (χ2v) is 6.94. The minimum Gasteiger partial charge on any atom is -0.342 e. The second kappa shape index (κ2) is 6.93. The monoisotopic (exact) mass is 383 g/mol. The number of halogens is 3. The molecule has 0 aliphatic rings. The van der Waals surface area contributed by atoms with E-state index in [4.69, 9.17) is 23.2 Å². The summed E-state index contributed by atoms with van der Waals surface area (Å²) in [7, 11) is 1.73. The molecule has 3 rings (SSSR count). The van der Waals surface area contributed by atoms with Crippen LogP contribution >= 0.6 is 34.5 Å². The number of carbonyl (C=O) groups is 1. The topological polar surface area (TPSA) is 45.2 Å². The Morgan fingerprint density at radius 1 is 1.29 bits per heavy atom. The molecule has 0 aliphatic heterocycles. The van der Waals surface area contributed by atoms with Gasteiger partial charge in [-0.25, -0.2) is 9.37 Å². The molecule has 24 heavy (non-hydrogen) atoms. The minimum atomic E-state index is -0.372. The zero-order valence-corrected chi connectivity index (χ0v) is 14.8. The lowest BCUT2D eigenvalue weighted by molar-refractivity contribution is -0.114. The Hall–Kier alpha value is -1.89. The van der Waals surface area contributed by atoms with E-state index in [0.717, 1.165) is 4.70 Å². The van der Waals surface area contributed by atoms with Gasteiger partial charge in [-0.3, -0.25) is 4.79 Å². The number of nitrogens with one attached hydrogen (secondary N) is 1. The molecule has 0 saturated carbocycles. The van der Waals surface area contributed by atoms with Crippen LogP contribution in [0.2, 0.25) is 10.0 Å². The highest BCUT2D eigenvalue weighted by molar-refractivity contribution is 7.22. The average molecular weight is 384 g/mol. The van der Waals surface area contributed by atoms with Crippen molar-refractivity contribution in [3.63, 3.8) is 0 Å². The number of likely N-dealkylation sites (N-methyl/N-ethyl adjacent to an activating group) is 1. The van der Waals surface area contributed by atoms with Crippen molar-refractivity contribution >= 4 is 61.5 Å². The summed E-state index contributed by atoms with van der Waals surface area (Å²) in [5, 5.41) is 4.09. The van der Waals surface area contributed by atoms with Crippen molar-refractivity contribution in [1.82, 2.24) is 4.98 Å². The number of benzene rings is 2. The van der Waals surface area contributed by atoms with Crippen molar-refractivity contribution in [2.24, 2.45) is 0 Å². The average Bonchev–Trinajstić information content (AvgIpc) is 2.97. The second-order valence-electron chi connectivity index (χ2n) is 5.12. The van der Waals surface area contributed by atoms with E-state index in [2.05, 4.69) is 10.3 Å². The third kappa shape index (κ3) is 3.61. The van der Waals surface area contributed by atoms with E-state index in [-0.39, 0.29) is 18.3 Å². The van der Waals surface area contributed by atoms with Crippen LogP contribution in [-0.4, -0.2) is 24.5 Å². The zero-order valence-electron chi connectivity index (χ0n) is 12.5. The molecule has 8 heteroatoms. The molecule has 0 aliphatic carbocycles.